The number of halogens is 3. The lowest BCUT2D eigenvalue weighted by Gasteiger charge is -2.19. The van der Waals surface area contributed by atoms with Crippen LogP contribution < -0.4 is 0 Å². The highest BCUT2D eigenvalue weighted by atomic mass is 32.2. The van der Waals surface area contributed by atoms with E-state index in [9.17, 15) is 22.2 Å². The Balaban J connectivity index is 4.39. The lowest BCUT2D eigenvalue weighted by Crippen LogP contribution is -2.44. The Morgan fingerprint density at radius 2 is 2.07 bits per heavy atom. The SMILES string of the molecule is CCCCOC(=O)N(S(=O)O)C(F)(F)F. The van der Waals surface area contributed by atoms with Crippen LogP contribution in [-0.2, 0) is 16.0 Å². The van der Waals surface area contributed by atoms with E-state index in [0.29, 0.717) is 12.8 Å². The van der Waals surface area contributed by atoms with Gasteiger partial charge in [0.25, 0.3) is 11.3 Å². The summed E-state index contributed by atoms with van der Waals surface area (Å²) < 4.78 is 57.5. The van der Waals surface area contributed by atoms with Gasteiger partial charge in [0, 0.05) is 0 Å². The zero-order valence-corrected chi connectivity index (χ0v) is 8.60. The number of rotatable bonds is 4. The van der Waals surface area contributed by atoms with E-state index in [1.54, 1.807) is 6.92 Å². The summed E-state index contributed by atoms with van der Waals surface area (Å²) in [7, 11) is 0. The molecule has 0 saturated heterocycles. The van der Waals surface area contributed by atoms with E-state index >= 15 is 0 Å². The van der Waals surface area contributed by atoms with Gasteiger partial charge >= 0.3 is 12.4 Å². The number of amides is 1. The van der Waals surface area contributed by atoms with Gasteiger partial charge in [0.05, 0.1) is 6.61 Å². The number of nitrogens with zero attached hydrogens (tertiary/aromatic N) is 1. The van der Waals surface area contributed by atoms with Crippen LogP contribution in [0.15, 0.2) is 0 Å². The van der Waals surface area contributed by atoms with Crippen molar-refractivity contribution >= 4 is 17.4 Å². The number of unbranched alkanes of at least 4 members (excludes halogenated alkanes) is 1. The lowest BCUT2D eigenvalue weighted by molar-refractivity contribution is -0.198. The summed E-state index contributed by atoms with van der Waals surface area (Å²) in [5.41, 5.74) is 0. The Morgan fingerprint density at radius 3 is 2.40 bits per heavy atom. The third kappa shape index (κ3) is 4.98. The maximum atomic E-state index is 12.0. The second-order valence-electron chi connectivity index (χ2n) is 2.46. The molecule has 0 aliphatic heterocycles. The zero-order chi connectivity index (χ0) is 12.1. The first-order chi connectivity index (χ1) is 6.80. The molecule has 0 radical (unpaired) electrons. The minimum atomic E-state index is -5.23. The number of hydrogen-bond acceptors (Lipinski definition) is 3. The molecule has 0 aliphatic carbocycles. The summed E-state index contributed by atoms with van der Waals surface area (Å²) in [5.74, 6) is 0. The molecule has 0 aliphatic rings. The summed E-state index contributed by atoms with van der Waals surface area (Å²) >= 11 is -3.47. The van der Waals surface area contributed by atoms with Gasteiger partial charge in [-0.25, -0.2) is 9.00 Å². The molecular formula is C6H10F3NO4S. The molecule has 0 spiro atoms. The maximum Gasteiger partial charge on any atom is 0.503 e. The van der Waals surface area contributed by atoms with Gasteiger partial charge in [0.1, 0.15) is 0 Å². The Hall–Kier alpha value is -0.830. The van der Waals surface area contributed by atoms with Gasteiger partial charge in [-0.2, -0.15) is 0 Å². The van der Waals surface area contributed by atoms with E-state index in [4.69, 9.17) is 4.55 Å². The normalized spacial score (nSPS) is 13.4. The molecule has 5 nitrogen and oxygen atoms in total. The molecular weight excluding hydrogens is 239 g/mol. The fourth-order valence-electron chi connectivity index (χ4n) is 0.618. The average molecular weight is 249 g/mol. The van der Waals surface area contributed by atoms with E-state index in [-0.39, 0.29) is 6.61 Å². The van der Waals surface area contributed by atoms with Gasteiger partial charge in [0.15, 0.2) is 0 Å². The first kappa shape index (κ1) is 14.2. The minimum Gasteiger partial charge on any atom is -0.449 e. The van der Waals surface area contributed by atoms with Gasteiger partial charge < -0.3 is 4.74 Å². The molecule has 0 bridgehead atoms. The van der Waals surface area contributed by atoms with Gasteiger partial charge in [-0.3, -0.25) is 4.55 Å². The van der Waals surface area contributed by atoms with Crippen LogP contribution in [0.5, 0.6) is 0 Å². The van der Waals surface area contributed by atoms with E-state index in [0.717, 1.165) is 0 Å². The Labute approximate surface area is 86.6 Å². The molecule has 0 aromatic rings. The van der Waals surface area contributed by atoms with Crippen molar-refractivity contribution in [1.29, 1.82) is 0 Å². The average Bonchev–Trinajstić information content (AvgIpc) is 2.00. The van der Waals surface area contributed by atoms with Crippen LogP contribution in [0, 0.1) is 0 Å². The van der Waals surface area contributed by atoms with Gasteiger partial charge in [-0.1, -0.05) is 13.3 Å². The molecule has 90 valence electrons. The van der Waals surface area contributed by atoms with Crippen molar-refractivity contribution < 1.29 is 31.5 Å². The molecule has 0 aromatic heterocycles. The van der Waals surface area contributed by atoms with Crippen LogP contribution in [0.25, 0.3) is 0 Å². The predicted molar refractivity (Wildman–Crippen MR) is 44.9 cm³/mol. The molecule has 0 fully saturated rings. The number of ether oxygens (including phenoxy) is 1. The summed E-state index contributed by atoms with van der Waals surface area (Å²) in [5, 5.41) is 0. The van der Waals surface area contributed by atoms with Crippen molar-refractivity contribution in [2.24, 2.45) is 0 Å². The van der Waals surface area contributed by atoms with Gasteiger partial charge in [-0.05, 0) is 6.42 Å². The molecule has 1 atom stereocenters. The van der Waals surface area contributed by atoms with Crippen molar-refractivity contribution in [3.05, 3.63) is 0 Å². The number of hydrogen-bond donors (Lipinski definition) is 1. The standard InChI is InChI=1S/C6H10F3NO4S/c1-2-3-4-14-5(11)10(15(12)13)6(7,8)9/h2-4H2,1H3,(H,12,13). The van der Waals surface area contributed by atoms with E-state index < -0.39 is 28.0 Å². The first-order valence-electron chi connectivity index (χ1n) is 3.95. The molecule has 9 heteroatoms. The molecule has 0 heterocycles. The molecule has 0 rings (SSSR count). The third-order valence-electron chi connectivity index (χ3n) is 1.28. The van der Waals surface area contributed by atoms with Crippen molar-refractivity contribution in [3.63, 3.8) is 0 Å². The second kappa shape index (κ2) is 5.91. The van der Waals surface area contributed by atoms with Crippen molar-refractivity contribution in [2.75, 3.05) is 6.61 Å². The van der Waals surface area contributed by atoms with E-state index in [1.165, 1.54) is 0 Å². The highest BCUT2D eigenvalue weighted by Gasteiger charge is 2.46. The minimum absolute atomic E-state index is 0.223. The molecule has 1 unspecified atom stereocenters. The Bertz CT molecular complexity index is 245. The molecule has 1 N–H and O–H groups in total. The molecule has 0 saturated carbocycles. The number of alkyl halides is 3. The lowest BCUT2D eigenvalue weighted by atomic mass is 10.4. The van der Waals surface area contributed by atoms with Crippen LogP contribution in [0.1, 0.15) is 19.8 Å². The topological polar surface area (TPSA) is 66.8 Å². The molecule has 15 heavy (non-hydrogen) atoms. The monoisotopic (exact) mass is 249 g/mol. The second-order valence-corrected chi connectivity index (χ2v) is 3.29. The van der Waals surface area contributed by atoms with Crippen LogP contribution >= 0.6 is 0 Å². The molecule has 0 aromatic carbocycles. The highest BCUT2D eigenvalue weighted by molar-refractivity contribution is 7.77. The summed E-state index contributed by atoms with van der Waals surface area (Å²) in [6.07, 6.45) is -6.10. The molecule has 1 amide bonds. The fourth-order valence-corrected chi connectivity index (χ4v) is 0.976. The fraction of sp³-hybridized carbons (Fsp3) is 0.833. The van der Waals surface area contributed by atoms with Crippen molar-refractivity contribution in [1.82, 2.24) is 4.31 Å². The van der Waals surface area contributed by atoms with Gasteiger partial charge in [-0.15, -0.1) is 17.5 Å². The summed E-state index contributed by atoms with van der Waals surface area (Å²) in [6.45, 7) is 1.53. The van der Waals surface area contributed by atoms with E-state index in [2.05, 4.69) is 4.74 Å². The van der Waals surface area contributed by atoms with E-state index in [1.807, 2.05) is 0 Å². The van der Waals surface area contributed by atoms with Gasteiger partial charge in [0.2, 0.25) is 0 Å². The smallest absolute Gasteiger partial charge is 0.449 e. The van der Waals surface area contributed by atoms with Crippen LogP contribution in [0.4, 0.5) is 18.0 Å². The Kier molecular flexibility index (Phi) is 5.58. The summed E-state index contributed by atoms with van der Waals surface area (Å²) in [4.78, 5) is 10.7. The Morgan fingerprint density at radius 1 is 1.53 bits per heavy atom. The zero-order valence-electron chi connectivity index (χ0n) is 7.78. The van der Waals surface area contributed by atoms with Crippen molar-refractivity contribution in [2.45, 2.75) is 26.1 Å². The highest BCUT2D eigenvalue weighted by Crippen LogP contribution is 2.23. The summed E-state index contributed by atoms with van der Waals surface area (Å²) in [6, 6.07) is 0. The third-order valence-corrected chi connectivity index (χ3v) is 1.94. The first-order valence-corrected chi connectivity index (χ1v) is 5.01. The van der Waals surface area contributed by atoms with Crippen LogP contribution in [-0.4, -0.2) is 32.1 Å². The van der Waals surface area contributed by atoms with Crippen LogP contribution in [0.3, 0.4) is 0 Å². The quantitative estimate of drug-likeness (QED) is 0.469. The van der Waals surface area contributed by atoms with Crippen molar-refractivity contribution in [3.8, 4) is 0 Å². The largest absolute Gasteiger partial charge is 0.503 e. The maximum absolute atomic E-state index is 12.0. The number of carbonyl (C=O) groups excluding carboxylic acids is 1. The van der Waals surface area contributed by atoms with Crippen LogP contribution in [0.2, 0.25) is 0 Å². The predicted octanol–water partition coefficient (Wildman–Crippen LogP) is 1.88. The number of carbonyl (C=O) groups is 1.